The van der Waals surface area contributed by atoms with E-state index in [2.05, 4.69) is 138 Å². The zero-order valence-electron chi connectivity index (χ0n) is 22.9. The average molecular weight is 528 g/mol. The lowest BCUT2D eigenvalue weighted by Gasteiger charge is -2.12. The van der Waals surface area contributed by atoms with Crippen molar-refractivity contribution >= 4 is 43.7 Å². The van der Waals surface area contributed by atoms with Gasteiger partial charge in [0.15, 0.2) is 0 Å². The molecule has 8 rings (SSSR count). The fraction of sp³-hybridized carbons (Fsp3) is 0.0789. The molecule has 0 unspecified atom stereocenters. The summed E-state index contributed by atoms with van der Waals surface area (Å²) in [6, 6.07) is 43.8. The van der Waals surface area contributed by atoms with E-state index in [1.807, 2.05) is 6.20 Å². The molecule has 3 heterocycles. The van der Waals surface area contributed by atoms with Gasteiger partial charge < -0.3 is 9.55 Å². The zero-order chi connectivity index (χ0) is 27.3. The van der Waals surface area contributed by atoms with Gasteiger partial charge in [-0.2, -0.15) is 0 Å². The number of aromatic amines is 1. The minimum absolute atomic E-state index is 0.934. The molecule has 3 nitrogen and oxygen atoms in total. The monoisotopic (exact) mass is 527 g/mol. The Bertz CT molecular complexity index is 2180. The van der Waals surface area contributed by atoms with Gasteiger partial charge in [-0.05, 0) is 84.0 Å². The summed E-state index contributed by atoms with van der Waals surface area (Å²) in [5, 5.41) is 4.93. The highest BCUT2D eigenvalue weighted by molar-refractivity contribution is 6.10. The van der Waals surface area contributed by atoms with Crippen LogP contribution in [0.2, 0.25) is 0 Å². The highest BCUT2D eigenvalue weighted by Gasteiger charge is 2.14. The largest absolute Gasteiger partial charge is 0.339 e. The van der Waals surface area contributed by atoms with E-state index in [1.54, 1.807) is 0 Å². The number of aryl methyl sites for hydroxylation is 3. The molecule has 0 aliphatic heterocycles. The quantitative estimate of drug-likeness (QED) is 0.237. The van der Waals surface area contributed by atoms with Crippen LogP contribution in [0.1, 0.15) is 16.7 Å². The summed E-state index contributed by atoms with van der Waals surface area (Å²) in [4.78, 5) is 8.40. The average Bonchev–Trinajstić information content (AvgIpc) is 3.55. The number of nitrogens with zero attached hydrogens (tertiary/aromatic N) is 2. The maximum absolute atomic E-state index is 4.86. The van der Waals surface area contributed by atoms with Crippen molar-refractivity contribution in [2.45, 2.75) is 19.8 Å². The number of fused-ring (bicyclic) bond motifs is 6. The van der Waals surface area contributed by atoms with Crippen LogP contribution in [-0.4, -0.2) is 14.5 Å². The van der Waals surface area contributed by atoms with Gasteiger partial charge in [0.25, 0.3) is 0 Å². The van der Waals surface area contributed by atoms with Gasteiger partial charge in [-0.1, -0.05) is 84.9 Å². The van der Waals surface area contributed by atoms with Gasteiger partial charge in [-0.15, -0.1) is 0 Å². The van der Waals surface area contributed by atoms with Crippen molar-refractivity contribution in [2.24, 2.45) is 0 Å². The van der Waals surface area contributed by atoms with Crippen molar-refractivity contribution in [3.05, 3.63) is 144 Å². The summed E-state index contributed by atoms with van der Waals surface area (Å²) in [5.74, 6) is 0. The molecule has 0 aliphatic rings. The smallest absolute Gasteiger partial charge is 0.138 e. The summed E-state index contributed by atoms with van der Waals surface area (Å²) in [6.45, 7) is 2.19. The molecule has 3 heteroatoms. The van der Waals surface area contributed by atoms with E-state index in [0.717, 1.165) is 29.7 Å². The molecule has 0 aliphatic carbocycles. The molecule has 0 saturated heterocycles. The number of nitrogens with one attached hydrogen (secondary N) is 1. The lowest BCUT2D eigenvalue weighted by Crippen LogP contribution is -1.96. The van der Waals surface area contributed by atoms with Crippen LogP contribution >= 0.6 is 0 Å². The van der Waals surface area contributed by atoms with E-state index in [4.69, 9.17) is 4.98 Å². The van der Waals surface area contributed by atoms with Crippen molar-refractivity contribution in [3.63, 3.8) is 0 Å². The van der Waals surface area contributed by atoms with Crippen LogP contribution in [0.3, 0.4) is 0 Å². The maximum atomic E-state index is 4.86. The number of rotatable bonds is 5. The summed E-state index contributed by atoms with van der Waals surface area (Å²) in [5.41, 5.74) is 12.2. The number of hydrogen-bond acceptors (Lipinski definition) is 1. The molecule has 0 atom stereocenters. The van der Waals surface area contributed by atoms with Crippen molar-refractivity contribution in [2.75, 3.05) is 0 Å². The SMILES string of the molecule is Cc1ccccc1-c1ccccc1CCc1cnc2[nH]c3ccc(-n4c5ccccc5c5ccccc54)cc3c2c1. The Morgan fingerprint density at radius 3 is 2.07 bits per heavy atom. The van der Waals surface area contributed by atoms with Crippen LogP contribution < -0.4 is 0 Å². The van der Waals surface area contributed by atoms with Crippen LogP contribution in [-0.2, 0) is 12.8 Å². The Hall–Kier alpha value is -5.15. The molecule has 0 radical (unpaired) electrons. The van der Waals surface area contributed by atoms with E-state index >= 15 is 0 Å². The molecule has 0 saturated carbocycles. The number of aromatic nitrogens is 3. The third-order valence-electron chi connectivity index (χ3n) is 8.46. The Labute approximate surface area is 238 Å². The standard InChI is InChI=1S/C38H29N3/c1-25-10-2-4-12-29(25)30-13-5-3-11-27(30)19-18-26-22-34-33-23-28(20-21-35(33)40-38(34)39-24-26)41-36-16-8-6-14-31(36)32-15-7-9-17-37(32)41/h2-17,20-24H,18-19H2,1H3,(H,39,40). The predicted octanol–water partition coefficient (Wildman–Crippen LogP) is 9.57. The van der Waals surface area contributed by atoms with Gasteiger partial charge in [0, 0.05) is 38.9 Å². The van der Waals surface area contributed by atoms with E-state index in [1.165, 1.54) is 60.4 Å². The highest BCUT2D eigenvalue weighted by Crippen LogP contribution is 2.34. The fourth-order valence-electron chi connectivity index (χ4n) is 6.44. The molecule has 3 aromatic heterocycles. The second-order valence-corrected chi connectivity index (χ2v) is 10.9. The van der Waals surface area contributed by atoms with E-state index in [9.17, 15) is 0 Å². The fourth-order valence-corrected chi connectivity index (χ4v) is 6.44. The molecule has 0 fully saturated rings. The van der Waals surface area contributed by atoms with Crippen LogP contribution in [0, 0.1) is 6.92 Å². The summed E-state index contributed by atoms with van der Waals surface area (Å²) >= 11 is 0. The number of hydrogen-bond donors (Lipinski definition) is 1. The Kier molecular flexibility index (Phi) is 5.49. The number of pyridine rings is 1. The number of para-hydroxylation sites is 2. The van der Waals surface area contributed by atoms with E-state index in [0.29, 0.717) is 0 Å². The van der Waals surface area contributed by atoms with Crippen LogP contribution in [0.4, 0.5) is 0 Å². The van der Waals surface area contributed by atoms with Crippen LogP contribution in [0.5, 0.6) is 0 Å². The Morgan fingerprint density at radius 1 is 0.610 bits per heavy atom. The Morgan fingerprint density at radius 2 is 1.29 bits per heavy atom. The van der Waals surface area contributed by atoms with Crippen LogP contribution in [0.25, 0.3) is 60.6 Å². The second-order valence-electron chi connectivity index (χ2n) is 10.9. The van der Waals surface area contributed by atoms with Gasteiger partial charge >= 0.3 is 0 Å². The van der Waals surface area contributed by atoms with Gasteiger partial charge in [0.05, 0.1) is 11.0 Å². The van der Waals surface area contributed by atoms with E-state index < -0.39 is 0 Å². The molecule has 196 valence electrons. The van der Waals surface area contributed by atoms with Crippen molar-refractivity contribution < 1.29 is 0 Å². The summed E-state index contributed by atoms with van der Waals surface area (Å²) in [7, 11) is 0. The molecule has 1 N–H and O–H groups in total. The second kappa shape index (κ2) is 9.50. The molecule has 5 aromatic carbocycles. The third-order valence-corrected chi connectivity index (χ3v) is 8.46. The summed E-state index contributed by atoms with van der Waals surface area (Å²) in [6.07, 6.45) is 3.93. The predicted molar refractivity (Wildman–Crippen MR) is 172 cm³/mol. The molecular formula is C38H29N3. The normalized spacial score (nSPS) is 11.7. The lowest BCUT2D eigenvalue weighted by atomic mass is 9.93. The molecular weight excluding hydrogens is 498 g/mol. The minimum atomic E-state index is 0.934. The molecule has 0 bridgehead atoms. The maximum Gasteiger partial charge on any atom is 0.138 e. The van der Waals surface area contributed by atoms with Crippen molar-refractivity contribution in [1.29, 1.82) is 0 Å². The Balaban J connectivity index is 1.19. The molecule has 41 heavy (non-hydrogen) atoms. The summed E-state index contributed by atoms with van der Waals surface area (Å²) < 4.78 is 2.38. The van der Waals surface area contributed by atoms with Gasteiger partial charge in [-0.3, -0.25) is 0 Å². The first-order chi connectivity index (χ1) is 20.2. The van der Waals surface area contributed by atoms with Gasteiger partial charge in [-0.25, -0.2) is 4.98 Å². The molecule has 8 aromatic rings. The van der Waals surface area contributed by atoms with Crippen LogP contribution in [0.15, 0.2) is 128 Å². The lowest BCUT2D eigenvalue weighted by molar-refractivity contribution is 0.956. The topological polar surface area (TPSA) is 33.6 Å². The van der Waals surface area contributed by atoms with Gasteiger partial charge in [0.1, 0.15) is 5.65 Å². The molecule has 0 amide bonds. The van der Waals surface area contributed by atoms with Crippen molar-refractivity contribution in [3.8, 4) is 16.8 Å². The third kappa shape index (κ3) is 3.93. The first-order valence-corrected chi connectivity index (χ1v) is 14.3. The zero-order valence-corrected chi connectivity index (χ0v) is 22.9. The minimum Gasteiger partial charge on any atom is -0.339 e. The van der Waals surface area contributed by atoms with E-state index in [-0.39, 0.29) is 0 Å². The first kappa shape index (κ1) is 23.7. The highest BCUT2D eigenvalue weighted by atomic mass is 15.0. The van der Waals surface area contributed by atoms with Gasteiger partial charge in [0.2, 0.25) is 0 Å². The number of benzene rings is 5. The van der Waals surface area contributed by atoms with Crippen molar-refractivity contribution in [1.82, 2.24) is 14.5 Å². The molecule has 0 spiro atoms. The first-order valence-electron chi connectivity index (χ1n) is 14.3. The number of H-pyrrole nitrogens is 1.